The van der Waals surface area contributed by atoms with Gasteiger partial charge >= 0.3 is 0 Å². The SMILES string of the molecule is COCCCNC(=O)c1ccccc1NC(=O)c1cc(C)c(C)cc1C. The number of hydrogen-bond acceptors (Lipinski definition) is 3. The van der Waals surface area contributed by atoms with Gasteiger partial charge < -0.3 is 15.4 Å². The molecule has 2 aromatic carbocycles. The van der Waals surface area contributed by atoms with Crippen molar-refractivity contribution in [2.45, 2.75) is 27.2 Å². The highest BCUT2D eigenvalue weighted by atomic mass is 16.5. The number of carbonyl (C=O) groups is 2. The van der Waals surface area contributed by atoms with E-state index in [1.807, 2.05) is 32.9 Å². The fourth-order valence-corrected chi connectivity index (χ4v) is 2.70. The Kier molecular flexibility index (Phi) is 6.92. The molecule has 0 bridgehead atoms. The number of carbonyl (C=O) groups excluding carboxylic acids is 2. The summed E-state index contributed by atoms with van der Waals surface area (Å²) in [5, 5.41) is 5.72. The molecule has 0 atom stereocenters. The lowest BCUT2D eigenvalue weighted by atomic mass is 10.00. The molecule has 0 saturated heterocycles. The lowest BCUT2D eigenvalue weighted by Crippen LogP contribution is -2.26. The van der Waals surface area contributed by atoms with E-state index in [2.05, 4.69) is 10.6 Å². The standard InChI is InChI=1S/C21H26N2O3/c1-14-12-16(3)18(13-15(14)2)21(25)23-19-9-6-5-8-17(19)20(24)22-10-7-11-26-4/h5-6,8-9,12-13H,7,10-11H2,1-4H3,(H,22,24)(H,23,25). The van der Waals surface area contributed by atoms with Gasteiger partial charge in [-0.15, -0.1) is 0 Å². The predicted octanol–water partition coefficient (Wildman–Crippen LogP) is 3.63. The van der Waals surface area contributed by atoms with E-state index < -0.39 is 0 Å². The number of hydrogen-bond donors (Lipinski definition) is 2. The van der Waals surface area contributed by atoms with Crippen molar-refractivity contribution in [1.82, 2.24) is 5.32 Å². The van der Waals surface area contributed by atoms with E-state index in [0.29, 0.717) is 30.0 Å². The maximum atomic E-state index is 12.7. The molecule has 0 radical (unpaired) electrons. The molecule has 0 aliphatic rings. The van der Waals surface area contributed by atoms with Gasteiger partial charge in [-0.25, -0.2) is 0 Å². The van der Waals surface area contributed by atoms with E-state index in [0.717, 1.165) is 23.1 Å². The maximum Gasteiger partial charge on any atom is 0.255 e. The van der Waals surface area contributed by atoms with Crippen molar-refractivity contribution in [3.05, 3.63) is 64.2 Å². The highest BCUT2D eigenvalue weighted by molar-refractivity contribution is 6.09. The van der Waals surface area contributed by atoms with Gasteiger partial charge in [-0.1, -0.05) is 18.2 Å². The lowest BCUT2D eigenvalue weighted by molar-refractivity contribution is 0.0949. The number of benzene rings is 2. The summed E-state index contributed by atoms with van der Waals surface area (Å²) in [5.74, 6) is -0.431. The van der Waals surface area contributed by atoms with Gasteiger partial charge in [0.25, 0.3) is 11.8 Å². The van der Waals surface area contributed by atoms with Gasteiger partial charge in [-0.2, -0.15) is 0 Å². The van der Waals surface area contributed by atoms with Crippen LogP contribution in [0.2, 0.25) is 0 Å². The van der Waals surface area contributed by atoms with E-state index in [9.17, 15) is 9.59 Å². The van der Waals surface area contributed by atoms with E-state index in [1.165, 1.54) is 0 Å². The average Bonchev–Trinajstić information content (AvgIpc) is 2.62. The number of anilines is 1. The van der Waals surface area contributed by atoms with Crippen molar-refractivity contribution in [1.29, 1.82) is 0 Å². The van der Waals surface area contributed by atoms with E-state index in [4.69, 9.17) is 4.74 Å². The van der Waals surface area contributed by atoms with Crippen molar-refractivity contribution in [3.8, 4) is 0 Å². The third-order valence-corrected chi connectivity index (χ3v) is 4.32. The highest BCUT2D eigenvalue weighted by Gasteiger charge is 2.15. The van der Waals surface area contributed by atoms with Gasteiger partial charge in [0.2, 0.25) is 0 Å². The zero-order chi connectivity index (χ0) is 19.1. The molecule has 0 aliphatic heterocycles. The monoisotopic (exact) mass is 354 g/mol. The summed E-state index contributed by atoms with van der Waals surface area (Å²) in [5.41, 5.74) is 4.68. The van der Waals surface area contributed by atoms with Crippen LogP contribution in [-0.4, -0.2) is 32.1 Å². The van der Waals surface area contributed by atoms with Crippen LogP contribution in [0.15, 0.2) is 36.4 Å². The summed E-state index contributed by atoms with van der Waals surface area (Å²) in [4.78, 5) is 25.1. The number of methoxy groups -OCH3 is 1. The Hall–Kier alpha value is -2.66. The Morgan fingerprint density at radius 2 is 1.62 bits per heavy atom. The molecule has 2 amide bonds. The first-order chi connectivity index (χ1) is 12.4. The summed E-state index contributed by atoms with van der Waals surface area (Å²) < 4.78 is 4.98. The molecule has 26 heavy (non-hydrogen) atoms. The van der Waals surface area contributed by atoms with Crippen molar-refractivity contribution in [2.24, 2.45) is 0 Å². The van der Waals surface area contributed by atoms with Crippen LogP contribution in [-0.2, 0) is 4.74 Å². The van der Waals surface area contributed by atoms with Gasteiger partial charge in [0.05, 0.1) is 11.3 Å². The molecular weight excluding hydrogens is 328 g/mol. The quantitative estimate of drug-likeness (QED) is 0.746. The molecule has 138 valence electrons. The van der Waals surface area contributed by atoms with Crippen LogP contribution in [0.4, 0.5) is 5.69 Å². The third kappa shape index (κ3) is 4.92. The van der Waals surface area contributed by atoms with Crippen LogP contribution >= 0.6 is 0 Å². The summed E-state index contributed by atoms with van der Waals surface area (Å²) in [7, 11) is 1.63. The number of amides is 2. The number of nitrogens with one attached hydrogen (secondary N) is 2. The molecular formula is C21H26N2O3. The molecule has 0 heterocycles. The summed E-state index contributed by atoms with van der Waals surface area (Å²) in [6.07, 6.45) is 0.735. The fourth-order valence-electron chi connectivity index (χ4n) is 2.70. The molecule has 0 spiro atoms. The summed E-state index contributed by atoms with van der Waals surface area (Å²) in [6, 6.07) is 10.9. The Balaban J connectivity index is 2.16. The smallest absolute Gasteiger partial charge is 0.255 e. The number of rotatable bonds is 7. The minimum atomic E-state index is -0.217. The number of ether oxygens (including phenoxy) is 1. The van der Waals surface area contributed by atoms with Crippen molar-refractivity contribution < 1.29 is 14.3 Å². The largest absolute Gasteiger partial charge is 0.385 e. The first kappa shape index (κ1) is 19.7. The van der Waals surface area contributed by atoms with E-state index in [1.54, 1.807) is 31.4 Å². The van der Waals surface area contributed by atoms with Crippen LogP contribution in [0.5, 0.6) is 0 Å². The van der Waals surface area contributed by atoms with Gasteiger partial charge in [-0.05, 0) is 62.1 Å². The second-order valence-electron chi connectivity index (χ2n) is 6.35. The van der Waals surface area contributed by atoms with Gasteiger partial charge in [0.15, 0.2) is 0 Å². The molecule has 2 N–H and O–H groups in total. The third-order valence-electron chi connectivity index (χ3n) is 4.32. The van der Waals surface area contributed by atoms with Crippen LogP contribution in [0.1, 0.15) is 43.8 Å². The zero-order valence-corrected chi connectivity index (χ0v) is 15.8. The minimum Gasteiger partial charge on any atom is -0.385 e. The van der Waals surface area contributed by atoms with Crippen LogP contribution in [0.3, 0.4) is 0 Å². The molecule has 5 heteroatoms. The Morgan fingerprint density at radius 1 is 0.923 bits per heavy atom. The molecule has 0 saturated carbocycles. The first-order valence-electron chi connectivity index (χ1n) is 8.69. The molecule has 5 nitrogen and oxygen atoms in total. The summed E-state index contributed by atoms with van der Waals surface area (Å²) >= 11 is 0. The van der Waals surface area contributed by atoms with Crippen LogP contribution in [0, 0.1) is 20.8 Å². The highest BCUT2D eigenvalue weighted by Crippen LogP contribution is 2.19. The molecule has 2 rings (SSSR count). The maximum absolute atomic E-state index is 12.7. The normalized spacial score (nSPS) is 10.5. The lowest BCUT2D eigenvalue weighted by Gasteiger charge is -2.13. The minimum absolute atomic E-state index is 0.214. The second kappa shape index (κ2) is 9.15. The van der Waals surface area contributed by atoms with Crippen molar-refractivity contribution >= 4 is 17.5 Å². The molecule has 0 aliphatic carbocycles. The van der Waals surface area contributed by atoms with Gasteiger partial charge in [0.1, 0.15) is 0 Å². The van der Waals surface area contributed by atoms with Crippen LogP contribution < -0.4 is 10.6 Å². The molecule has 0 fully saturated rings. The fraction of sp³-hybridized carbons (Fsp3) is 0.333. The second-order valence-corrected chi connectivity index (χ2v) is 6.35. The van der Waals surface area contributed by atoms with Crippen molar-refractivity contribution in [2.75, 3.05) is 25.6 Å². The number of aryl methyl sites for hydroxylation is 3. The Morgan fingerprint density at radius 3 is 2.35 bits per heavy atom. The first-order valence-corrected chi connectivity index (χ1v) is 8.69. The van der Waals surface area contributed by atoms with E-state index >= 15 is 0 Å². The molecule has 0 aromatic heterocycles. The Labute approximate surface area is 154 Å². The predicted molar refractivity (Wildman–Crippen MR) is 104 cm³/mol. The Bertz CT molecular complexity index is 800. The van der Waals surface area contributed by atoms with Gasteiger partial charge in [0, 0.05) is 25.8 Å². The molecule has 0 unspecified atom stereocenters. The van der Waals surface area contributed by atoms with Crippen molar-refractivity contribution in [3.63, 3.8) is 0 Å². The topological polar surface area (TPSA) is 67.4 Å². The zero-order valence-electron chi connectivity index (χ0n) is 15.8. The average molecular weight is 354 g/mol. The number of para-hydroxylation sites is 1. The van der Waals surface area contributed by atoms with Crippen LogP contribution in [0.25, 0.3) is 0 Å². The summed E-state index contributed by atoms with van der Waals surface area (Å²) in [6.45, 7) is 7.02. The van der Waals surface area contributed by atoms with E-state index in [-0.39, 0.29) is 11.8 Å². The molecule has 2 aromatic rings. The van der Waals surface area contributed by atoms with Gasteiger partial charge in [-0.3, -0.25) is 9.59 Å².